The second-order valence-corrected chi connectivity index (χ2v) is 31.1. The van der Waals surface area contributed by atoms with Gasteiger partial charge in [0.15, 0.2) is 11.6 Å². The van der Waals surface area contributed by atoms with Gasteiger partial charge >= 0.3 is 0 Å². The SMILES string of the molecule is c1ccc(-c2ncc(-n3c4ccccc4c4c3ccc3c5ccccc5n(-c5ccccc5)c34)cn2)cc1.c1ccc(C2(c3ccccc3)c3ccccc3-c3c2ccc2c3c3ccccc3n2-c2cnc(-c3ccc4ccccc4c3)nc2)cc1.c1cncc(-c2ccc(-n3c4ccccc4c4ccc(-c5ccc6ccccc6c5)cc43)cc2)c1. The summed E-state index contributed by atoms with van der Waals surface area (Å²) in [4.78, 5) is 23.6. The molecule has 0 amide bonds. The number of benzene rings is 17. The van der Waals surface area contributed by atoms with E-state index in [2.05, 4.69) is 393 Å². The van der Waals surface area contributed by atoms with Crippen LogP contribution in [0.3, 0.4) is 0 Å². The number of hydrogen-bond acceptors (Lipinski definition) is 5. The molecule has 0 fully saturated rings. The summed E-state index contributed by atoms with van der Waals surface area (Å²) in [7, 11) is 0. The highest BCUT2D eigenvalue weighted by Crippen LogP contribution is 2.59. The molecule has 0 N–H and O–H groups in total. The van der Waals surface area contributed by atoms with Gasteiger partial charge in [0.2, 0.25) is 0 Å². The van der Waals surface area contributed by atoms with Crippen molar-refractivity contribution in [2.75, 3.05) is 0 Å². The van der Waals surface area contributed by atoms with Gasteiger partial charge in [0, 0.05) is 78.0 Å². The van der Waals surface area contributed by atoms with E-state index in [4.69, 9.17) is 19.9 Å². The zero-order valence-corrected chi connectivity index (χ0v) is 65.7. The van der Waals surface area contributed by atoms with E-state index in [1.807, 2.05) is 73.6 Å². The molecule has 121 heavy (non-hydrogen) atoms. The number of pyridine rings is 1. The number of fused-ring (bicyclic) bond motifs is 19. The molecule has 0 saturated heterocycles. The lowest BCUT2D eigenvalue weighted by molar-refractivity contribution is 0.769. The third-order valence-electron chi connectivity index (χ3n) is 24.5. The van der Waals surface area contributed by atoms with Crippen LogP contribution in [-0.2, 0) is 5.41 Å². The van der Waals surface area contributed by atoms with Crippen molar-refractivity contribution in [1.82, 2.24) is 43.2 Å². The Balaban J connectivity index is 0.000000107. The van der Waals surface area contributed by atoms with Crippen LogP contribution in [0.2, 0.25) is 0 Å². The highest BCUT2D eigenvalue weighted by Gasteiger charge is 2.47. The fourth-order valence-electron chi connectivity index (χ4n) is 19.1. The molecule has 25 rings (SSSR count). The van der Waals surface area contributed by atoms with Crippen LogP contribution in [0.4, 0.5) is 0 Å². The molecule has 0 radical (unpaired) electrons. The van der Waals surface area contributed by atoms with Gasteiger partial charge in [-0.1, -0.05) is 322 Å². The van der Waals surface area contributed by atoms with Crippen LogP contribution in [0, 0.1) is 0 Å². The third kappa shape index (κ3) is 11.6. The van der Waals surface area contributed by atoms with Crippen molar-refractivity contribution in [2.45, 2.75) is 5.41 Å². The second-order valence-electron chi connectivity index (χ2n) is 31.1. The molecule has 24 aromatic rings. The maximum absolute atomic E-state index is 4.90. The first kappa shape index (κ1) is 70.2. The molecule has 0 bridgehead atoms. The van der Waals surface area contributed by atoms with Crippen LogP contribution < -0.4 is 0 Å². The van der Waals surface area contributed by atoms with Crippen molar-refractivity contribution >= 4 is 109 Å². The minimum atomic E-state index is -0.448. The lowest BCUT2D eigenvalue weighted by Gasteiger charge is -2.33. The molecule has 566 valence electrons. The third-order valence-corrected chi connectivity index (χ3v) is 24.5. The van der Waals surface area contributed by atoms with Gasteiger partial charge in [-0.3, -0.25) is 4.98 Å². The van der Waals surface area contributed by atoms with E-state index in [0.717, 1.165) is 73.2 Å². The van der Waals surface area contributed by atoms with E-state index < -0.39 is 5.41 Å². The molecule has 0 aliphatic heterocycles. The van der Waals surface area contributed by atoms with Gasteiger partial charge in [-0.2, -0.15) is 0 Å². The molecule has 7 aromatic heterocycles. The maximum atomic E-state index is 4.90. The molecule has 9 nitrogen and oxygen atoms in total. The van der Waals surface area contributed by atoms with Crippen molar-refractivity contribution in [2.24, 2.45) is 0 Å². The molecule has 0 spiro atoms. The fourth-order valence-corrected chi connectivity index (χ4v) is 19.1. The lowest BCUT2D eigenvalue weighted by atomic mass is 9.67. The summed E-state index contributed by atoms with van der Waals surface area (Å²) in [5.74, 6) is 1.44. The summed E-state index contributed by atoms with van der Waals surface area (Å²) in [6.07, 6.45) is 11.5. The van der Waals surface area contributed by atoms with Crippen molar-refractivity contribution < 1.29 is 0 Å². The Morgan fingerprint density at radius 3 is 1.26 bits per heavy atom. The summed E-state index contributed by atoms with van der Waals surface area (Å²) in [6, 6.07) is 145. The average molecular weight is 1540 g/mol. The standard InChI is InChI=1S/C45H29N3.C34H22N4.C33H22N2/c1-3-15-33(16-4-1)45(34-17-5-2-6-18-34)38-21-11-9-19-36(38)42-39(45)25-26-41-43(42)37-20-10-12-22-40(37)48(41)35-28-46-44(47-29-35)32-24-23-30-13-7-8-14-31(30)27-32;1-3-11-23(12-4-1)34-35-21-25(22-36-34)37-30-18-10-8-16-28(30)32-31(37)20-19-27-26-15-7-9-17-29(26)38(33(27)32)24-13-5-2-6-14-24;1-2-7-25-20-26(12-11-23(25)6-1)27-15-18-31-30-9-3-4-10-32(30)35(33(31)21-27)29-16-13-24(14-17-29)28-8-5-19-34-22-28/h1-29H;1-22H;1-22H. The number of nitrogens with zero attached hydrogens (tertiary/aromatic N) is 9. The highest BCUT2D eigenvalue weighted by molar-refractivity contribution is 6.26. The molecule has 1 aliphatic rings. The van der Waals surface area contributed by atoms with E-state index in [-0.39, 0.29) is 0 Å². The Bertz CT molecular complexity index is 8060. The first-order valence-electron chi connectivity index (χ1n) is 41.1. The van der Waals surface area contributed by atoms with Gasteiger partial charge in [-0.25, -0.2) is 19.9 Å². The zero-order valence-electron chi connectivity index (χ0n) is 65.7. The predicted molar refractivity (Wildman–Crippen MR) is 500 cm³/mol. The predicted octanol–water partition coefficient (Wildman–Crippen LogP) is 27.8. The molecule has 0 saturated carbocycles. The highest BCUT2D eigenvalue weighted by atomic mass is 15.1. The number of para-hydroxylation sites is 5. The van der Waals surface area contributed by atoms with Gasteiger partial charge in [0.1, 0.15) is 0 Å². The molecular formula is C112H73N9. The topological polar surface area (TPSA) is 84.2 Å². The fraction of sp³-hybridized carbons (Fsp3) is 0.00893. The maximum Gasteiger partial charge on any atom is 0.159 e. The number of rotatable bonds is 10. The molecule has 0 atom stereocenters. The molecule has 1 aliphatic carbocycles. The van der Waals surface area contributed by atoms with Crippen LogP contribution in [0.15, 0.2) is 444 Å². The Hall–Kier alpha value is -16.2. The summed E-state index contributed by atoms with van der Waals surface area (Å²) in [5, 5.41) is 14.9. The first-order valence-corrected chi connectivity index (χ1v) is 41.1. The molecule has 0 unspecified atom stereocenters. The van der Waals surface area contributed by atoms with E-state index >= 15 is 0 Å². The molecular weight excluding hydrogens is 1470 g/mol. The lowest BCUT2D eigenvalue weighted by Crippen LogP contribution is -2.28. The van der Waals surface area contributed by atoms with Crippen molar-refractivity contribution in [1.29, 1.82) is 0 Å². The summed E-state index contributed by atoms with van der Waals surface area (Å²) in [6.45, 7) is 0. The van der Waals surface area contributed by atoms with Gasteiger partial charge in [-0.05, 0) is 162 Å². The second kappa shape index (κ2) is 29.2. The average Bonchev–Trinajstić information content (AvgIpc) is 1.50. The van der Waals surface area contributed by atoms with Crippen LogP contribution in [0.25, 0.3) is 188 Å². The minimum Gasteiger partial charge on any atom is -0.309 e. The van der Waals surface area contributed by atoms with E-state index in [1.54, 1.807) is 0 Å². The smallest absolute Gasteiger partial charge is 0.159 e. The zero-order chi connectivity index (χ0) is 79.9. The van der Waals surface area contributed by atoms with Gasteiger partial charge < -0.3 is 18.3 Å². The van der Waals surface area contributed by atoms with E-state index in [9.17, 15) is 0 Å². The van der Waals surface area contributed by atoms with Crippen molar-refractivity contribution in [3.05, 3.63) is 466 Å². The monoisotopic (exact) mass is 1540 g/mol. The Morgan fingerprint density at radius 1 is 0.215 bits per heavy atom. The summed E-state index contributed by atoms with van der Waals surface area (Å²) >= 11 is 0. The largest absolute Gasteiger partial charge is 0.309 e. The normalized spacial score (nSPS) is 12.2. The van der Waals surface area contributed by atoms with Gasteiger partial charge in [-0.15, -0.1) is 0 Å². The molecule has 9 heteroatoms. The van der Waals surface area contributed by atoms with E-state index in [1.165, 1.54) is 137 Å². The van der Waals surface area contributed by atoms with E-state index in [0.29, 0.717) is 0 Å². The summed E-state index contributed by atoms with van der Waals surface area (Å²) in [5.41, 5.74) is 27.6. The van der Waals surface area contributed by atoms with Crippen LogP contribution in [0.5, 0.6) is 0 Å². The number of hydrogen-bond donors (Lipinski definition) is 0. The van der Waals surface area contributed by atoms with Crippen molar-refractivity contribution in [3.63, 3.8) is 0 Å². The Labute approximate surface area is 697 Å². The van der Waals surface area contributed by atoms with Crippen LogP contribution in [-0.4, -0.2) is 43.2 Å². The Kier molecular flexibility index (Phi) is 16.9. The Morgan fingerprint density at radius 2 is 0.636 bits per heavy atom. The summed E-state index contributed by atoms with van der Waals surface area (Å²) < 4.78 is 9.38. The van der Waals surface area contributed by atoms with Crippen molar-refractivity contribution in [3.8, 4) is 78.9 Å². The van der Waals surface area contributed by atoms with Gasteiger partial charge in [0.05, 0.1) is 85.7 Å². The quantitative estimate of drug-likeness (QED) is 0.136. The molecule has 17 aromatic carbocycles. The number of aromatic nitrogens is 9. The molecule has 7 heterocycles. The van der Waals surface area contributed by atoms with Crippen LogP contribution in [0.1, 0.15) is 22.3 Å². The van der Waals surface area contributed by atoms with Crippen LogP contribution >= 0.6 is 0 Å². The minimum absolute atomic E-state index is 0.448. The first-order chi connectivity index (χ1) is 60.1. The van der Waals surface area contributed by atoms with Gasteiger partial charge in [0.25, 0.3) is 0 Å².